The summed E-state index contributed by atoms with van der Waals surface area (Å²) in [6.07, 6.45) is 2.62. The summed E-state index contributed by atoms with van der Waals surface area (Å²) in [5.74, 6) is -0.375. The lowest BCUT2D eigenvalue weighted by atomic mass is 10.3. The van der Waals surface area contributed by atoms with Gasteiger partial charge in [0.2, 0.25) is 0 Å². The molecule has 0 radical (unpaired) electrons. The second-order valence-corrected chi connectivity index (χ2v) is 3.26. The van der Waals surface area contributed by atoms with Crippen LogP contribution in [0, 0.1) is 11.6 Å². The Morgan fingerprint density at radius 3 is 2.69 bits per heavy atom. The highest BCUT2D eigenvalue weighted by Gasteiger charge is 1.99. The Hall–Kier alpha value is -1.97. The Morgan fingerprint density at radius 1 is 1.06 bits per heavy atom. The summed E-state index contributed by atoms with van der Waals surface area (Å²) in [6, 6.07) is 7.11. The zero-order valence-electron chi connectivity index (χ0n) is 8.36. The molecule has 1 heterocycles. The molecular formula is C12H9F2NO. The minimum Gasteiger partial charge on any atom is -0.489 e. The normalized spacial score (nSPS) is 10.1. The molecule has 0 unspecified atom stereocenters. The molecule has 0 aliphatic heterocycles. The zero-order chi connectivity index (χ0) is 11.4. The molecule has 0 aliphatic carbocycles. The molecule has 0 amide bonds. The SMILES string of the molecule is Fc1cncc(COc2cccc(F)c2)c1. The standard InChI is InChI=1S/C12H9F2NO/c13-10-2-1-3-12(5-10)16-8-9-4-11(14)7-15-6-9/h1-7H,8H2. The van der Waals surface area contributed by atoms with E-state index in [4.69, 9.17) is 4.74 Å². The van der Waals surface area contributed by atoms with Gasteiger partial charge in [0.05, 0.1) is 6.20 Å². The summed E-state index contributed by atoms with van der Waals surface area (Å²) in [6.45, 7) is 0.161. The van der Waals surface area contributed by atoms with E-state index < -0.39 is 5.82 Å². The zero-order valence-corrected chi connectivity index (χ0v) is 8.36. The molecule has 82 valence electrons. The topological polar surface area (TPSA) is 22.1 Å². The van der Waals surface area contributed by atoms with Crippen molar-refractivity contribution in [2.45, 2.75) is 6.61 Å². The molecule has 16 heavy (non-hydrogen) atoms. The third-order valence-electron chi connectivity index (χ3n) is 1.96. The van der Waals surface area contributed by atoms with Gasteiger partial charge in [0.1, 0.15) is 24.0 Å². The lowest BCUT2D eigenvalue weighted by Gasteiger charge is -2.05. The van der Waals surface area contributed by atoms with Gasteiger partial charge < -0.3 is 4.74 Å². The Kier molecular flexibility index (Phi) is 3.10. The maximum atomic E-state index is 12.8. The Balaban J connectivity index is 2.02. The minimum absolute atomic E-state index is 0.161. The van der Waals surface area contributed by atoms with Gasteiger partial charge >= 0.3 is 0 Å². The van der Waals surface area contributed by atoms with Crippen molar-refractivity contribution < 1.29 is 13.5 Å². The molecule has 1 aromatic heterocycles. The number of hydrogen-bond donors (Lipinski definition) is 0. The number of aromatic nitrogens is 1. The van der Waals surface area contributed by atoms with Crippen molar-refractivity contribution in [3.63, 3.8) is 0 Å². The van der Waals surface area contributed by atoms with Gasteiger partial charge in [-0.25, -0.2) is 8.78 Å². The molecule has 0 atom stereocenters. The molecule has 0 fully saturated rings. The first kappa shape index (κ1) is 10.5. The minimum atomic E-state index is -0.416. The number of rotatable bonds is 3. The highest BCUT2D eigenvalue weighted by molar-refractivity contribution is 5.23. The molecular weight excluding hydrogens is 212 g/mol. The van der Waals surface area contributed by atoms with E-state index in [1.807, 2.05) is 0 Å². The van der Waals surface area contributed by atoms with E-state index in [1.54, 1.807) is 12.1 Å². The van der Waals surface area contributed by atoms with Crippen molar-refractivity contribution >= 4 is 0 Å². The predicted molar refractivity (Wildman–Crippen MR) is 54.9 cm³/mol. The monoisotopic (exact) mass is 221 g/mol. The summed E-state index contributed by atoms with van der Waals surface area (Å²) in [7, 11) is 0. The van der Waals surface area contributed by atoms with Gasteiger partial charge in [-0.3, -0.25) is 4.98 Å². The summed E-state index contributed by atoms with van der Waals surface area (Å²) in [5.41, 5.74) is 0.601. The Morgan fingerprint density at radius 2 is 1.94 bits per heavy atom. The van der Waals surface area contributed by atoms with Gasteiger partial charge in [0.15, 0.2) is 0 Å². The lowest BCUT2D eigenvalue weighted by Crippen LogP contribution is -1.97. The van der Waals surface area contributed by atoms with Crippen LogP contribution in [-0.2, 0) is 6.61 Å². The van der Waals surface area contributed by atoms with Crippen molar-refractivity contribution in [1.29, 1.82) is 0 Å². The van der Waals surface area contributed by atoms with Crippen molar-refractivity contribution in [2.24, 2.45) is 0 Å². The van der Waals surface area contributed by atoms with Crippen molar-refractivity contribution in [2.75, 3.05) is 0 Å². The summed E-state index contributed by atoms with van der Waals surface area (Å²) in [4.78, 5) is 3.68. The maximum Gasteiger partial charge on any atom is 0.141 e. The van der Waals surface area contributed by atoms with E-state index in [-0.39, 0.29) is 12.4 Å². The van der Waals surface area contributed by atoms with Gasteiger partial charge in [-0.15, -0.1) is 0 Å². The van der Waals surface area contributed by atoms with Crippen LogP contribution < -0.4 is 4.74 Å². The largest absolute Gasteiger partial charge is 0.489 e. The molecule has 0 aliphatic rings. The number of pyridine rings is 1. The quantitative estimate of drug-likeness (QED) is 0.795. The molecule has 0 saturated heterocycles. The van der Waals surface area contributed by atoms with E-state index in [0.29, 0.717) is 11.3 Å². The second-order valence-electron chi connectivity index (χ2n) is 3.26. The number of halogens is 2. The number of ether oxygens (including phenoxy) is 1. The fourth-order valence-electron chi connectivity index (χ4n) is 1.26. The summed E-state index contributed by atoms with van der Waals surface area (Å²) >= 11 is 0. The summed E-state index contributed by atoms with van der Waals surface area (Å²) in [5, 5.41) is 0. The first-order valence-corrected chi connectivity index (χ1v) is 4.72. The van der Waals surface area contributed by atoms with E-state index in [9.17, 15) is 8.78 Å². The van der Waals surface area contributed by atoms with Crippen LogP contribution in [0.2, 0.25) is 0 Å². The van der Waals surface area contributed by atoms with Crippen LogP contribution in [0.3, 0.4) is 0 Å². The first-order valence-electron chi connectivity index (χ1n) is 4.72. The predicted octanol–water partition coefficient (Wildman–Crippen LogP) is 2.94. The van der Waals surface area contributed by atoms with Crippen LogP contribution in [0.1, 0.15) is 5.56 Å². The van der Waals surface area contributed by atoms with Gasteiger partial charge in [0, 0.05) is 17.8 Å². The highest BCUT2D eigenvalue weighted by Crippen LogP contribution is 2.14. The van der Waals surface area contributed by atoms with Crippen LogP contribution >= 0.6 is 0 Å². The molecule has 0 N–H and O–H groups in total. The second kappa shape index (κ2) is 4.70. The summed E-state index contributed by atoms with van der Waals surface area (Å²) < 4.78 is 30.9. The van der Waals surface area contributed by atoms with E-state index >= 15 is 0 Å². The van der Waals surface area contributed by atoms with Gasteiger partial charge in [0.25, 0.3) is 0 Å². The van der Waals surface area contributed by atoms with Gasteiger partial charge in [-0.05, 0) is 18.2 Å². The van der Waals surface area contributed by atoms with Crippen molar-refractivity contribution in [1.82, 2.24) is 4.98 Å². The van der Waals surface area contributed by atoms with Crippen LogP contribution in [0.25, 0.3) is 0 Å². The van der Waals surface area contributed by atoms with E-state index in [0.717, 1.165) is 6.20 Å². The molecule has 0 saturated carbocycles. The van der Waals surface area contributed by atoms with Gasteiger partial charge in [-0.2, -0.15) is 0 Å². The first-order chi connectivity index (χ1) is 7.74. The fraction of sp³-hybridized carbons (Fsp3) is 0.0833. The average molecular weight is 221 g/mol. The van der Waals surface area contributed by atoms with Crippen LogP contribution in [0.5, 0.6) is 5.75 Å². The number of benzene rings is 1. The van der Waals surface area contributed by atoms with Crippen molar-refractivity contribution in [3.05, 3.63) is 59.9 Å². The fourth-order valence-corrected chi connectivity index (χ4v) is 1.26. The van der Waals surface area contributed by atoms with Crippen LogP contribution in [-0.4, -0.2) is 4.98 Å². The third kappa shape index (κ3) is 2.76. The molecule has 0 bridgehead atoms. The lowest BCUT2D eigenvalue weighted by molar-refractivity contribution is 0.303. The average Bonchev–Trinajstić information content (AvgIpc) is 2.27. The molecule has 2 rings (SSSR count). The molecule has 4 heteroatoms. The van der Waals surface area contributed by atoms with Crippen LogP contribution in [0.15, 0.2) is 42.7 Å². The molecule has 2 aromatic rings. The number of nitrogens with zero attached hydrogens (tertiary/aromatic N) is 1. The third-order valence-corrected chi connectivity index (χ3v) is 1.96. The molecule has 2 nitrogen and oxygen atoms in total. The van der Waals surface area contributed by atoms with Crippen LogP contribution in [0.4, 0.5) is 8.78 Å². The van der Waals surface area contributed by atoms with E-state index in [2.05, 4.69) is 4.98 Å². The Bertz CT molecular complexity index is 442. The maximum absolute atomic E-state index is 12.8. The van der Waals surface area contributed by atoms with Gasteiger partial charge in [-0.1, -0.05) is 6.07 Å². The highest BCUT2D eigenvalue weighted by atomic mass is 19.1. The van der Waals surface area contributed by atoms with Crippen molar-refractivity contribution in [3.8, 4) is 5.75 Å². The molecule has 0 spiro atoms. The van der Waals surface area contributed by atoms with E-state index in [1.165, 1.54) is 24.4 Å². The smallest absolute Gasteiger partial charge is 0.141 e. The number of hydrogen-bond acceptors (Lipinski definition) is 2. The Labute approximate surface area is 91.5 Å². The molecule has 1 aromatic carbocycles.